The topological polar surface area (TPSA) is 78.4 Å². The number of carboxylic acids is 1. The standard InChI is InChI=1S/C11H10ClFN2O3/c12-5-3-8-9(4-6(5)13)15-11(18)7(14-8)1-2-10(16)17/h3-4,7,14H,1-2H2,(H,15,18)(H,16,17). The molecule has 0 fully saturated rings. The van der Waals surface area contributed by atoms with Gasteiger partial charge < -0.3 is 15.7 Å². The van der Waals surface area contributed by atoms with Crippen molar-refractivity contribution in [1.82, 2.24) is 0 Å². The normalized spacial score (nSPS) is 17.7. The van der Waals surface area contributed by atoms with Crippen LogP contribution in [0.15, 0.2) is 12.1 Å². The van der Waals surface area contributed by atoms with Gasteiger partial charge >= 0.3 is 5.97 Å². The molecular weight excluding hydrogens is 263 g/mol. The van der Waals surface area contributed by atoms with Gasteiger partial charge in [0.2, 0.25) is 5.91 Å². The highest BCUT2D eigenvalue weighted by Gasteiger charge is 2.26. The van der Waals surface area contributed by atoms with Crippen LogP contribution < -0.4 is 10.6 Å². The molecule has 1 aliphatic heterocycles. The molecule has 96 valence electrons. The maximum absolute atomic E-state index is 13.2. The molecular formula is C11H10ClFN2O3. The molecule has 1 amide bonds. The van der Waals surface area contributed by atoms with Crippen molar-refractivity contribution in [3.8, 4) is 0 Å². The summed E-state index contributed by atoms with van der Waals surface area (Å²) in [5.41, 5.74) is 0.782. The van der Waals surface area contributed by atoms with Gasteiger partial charge in [0, 0.05) is 12.5 Å². The number of benzene rings is 1. The number of hydrogen-bond donors (Lipinski definition) is 3. The van der Waals surface area contributed by atoms with Crippen molar-refractivity contribution in [1.29, 1.82) is 0 Å². The molecule has 0 saturated carbocycles. The molecule has 5 nitrogen and oxygen atoms in total. The van der Waals surface area contributed by atoms with E-state index >= 15 is 0 Å². The Bertz CT molecular complexity index is 521. The first-order valence-corrected chi connectivity index (χ1v) is 5.63. The van der Waals surface area contributed by atoms with E-state index in [1.165, 1.54) is 6.07 Å². The predicted molar refractivity (Wildman–Crippen MR) is 64.3 cm³/mol. The average Bonchev–Trinajstić information content (AvgIpc) is 2.29. The first kappa shape index (κ1) is 12.6. The Morgan fingerprint density at radius 1 is 1.44 bits per heavy atom. The number of anilines is 2. The minimum atomic E-state index is -0.979. The second-order valence-corrected chi connectivity index (χ2v) is 4.34. The summed E-state index contributed by atoms with van der Waals surface area (Å²) in [6.07, 6.45) is 0.0188. The molecule has 0 saturated heterocycles. The first-order valence-electron chi connectivity index (χ1n) is 5.25. The Labute approximate surface area is 107 Å². The van der Waals surface area contributed by atoms with Crippen molar-refractivity contribution in [3.05, 3.63) is 23.0 Å². The van der Waals surface area contributed by atoms with E-state index < -0.39 is 17.8 Å². The summed E-state index contributed by atoms with van der Waals surface area (Å²) in [4.78, 5) is 22.1. The van der Waals surface area contributed by atoms with E-state index in [1.807, 2.05) is 0 Å². The molecule has 0 spiro atoms. The van der Waals surface area contributed by atoms with Gasteiger partial charge in [0.15, 0.2) is 0 Å². The molecule has 3 N–H and O–H groups in total. The summed E-state index contributed by atoms with van der Waals surface area (Å²) in [5.74, 6) is -1.99. The van der Waals surface area contributed by atoms with Gasteiger partial charge in [-0.25, -0.2) is 4.39 Å². The first-order chi connectivity index (χ1) is 8.47. The quantitative estimate of drug-likeness (QED) is 0.787. The van der Waals surface area contributed by atoms with E-state index in [1.54, 1.807) is 0 Å². The van der Waals surface area contributed by atoms with Crippen molar-refractivity contribution in [3.63, 3.8) is 0 Å². The van der Waals surface area contributed by atoms with Crippen LogP contribution in [0.25, 0.3) is 0 Å². The molecule has 1 aromatic carbocycles. The molecule has 0 radical (unpaired) electrons. The minimum Gasteiger partial charge on any atom is -0.481 e. The SMILES string of the molecule is O=C(O)CCC1Nc2cc(Cl)c(F)cc2NC1=O. The molecule has 1 aliphatic rings. The third-order valence-corrected chi connectivity index (χ3v) is 2.90. The van der Waals surface area contributed by atoms with Gasteiger partial charge in [0.25, 0.3) is 0 Å². The molecule has 1 atom stereocenters. The molecule has 1 unspecified atom stereocenters. The molecule has 0 aromatic heterocycles. The third-order valence-electron chi connectivity index (χ3n) is 2.61. The number of amides is 1. The summed E-state index contributed by atoms with van der Waals surface area (Å²) < 4.78 is 13.2. The minimum absolute atomic E-state index is 0.0608. The Kier molecular flexibility index (Phi) is 3.38. The van der Waals surface area contributed by atoms with Crippen molar-refractivity contribution in [2.24, 2.45) is 0 Å². The van der Waals surface area contributed by atoms with E-state index in [0.29, 0.717) is 11.4 Å². The summed E-state index contributed by atoms with van der Waals surface area (Å²) >= 11 is 5.64. The Hall–Kier alpha value is -1.82. The second-order valence-electron chi connectivity index (χ2n) is 3.93. The second kappa shape index (κ2) is 4.81. The lowest BCUT2D eigenvalue weighted by molar-refractivity contribution is -0.137. The number of rotatable bonds is 3. The lowest BCUT2D eigenvalue weighted by Gasteiger charge is -2.26. The number of nitrogens with one attached hydrogen (secondary N) is 2. The van der Waals surface area contributed by atoms with Crippen LogP contribution in [-0.4, -0.2) is 23.0 Å². The maximum atomic E-state index is 13.2. The predicted octanol–water partition coefficient (Wildman–Crippen LogP) is 2.08. The number of carbonyl (C=O) groups is 2. The highest BCUT2D eigenvalue weighted by molar-refractivity contribution is 6.31. The van der Waals surface area contributed by atoms with E-state index in [2.05, 4.69) is 10.6 Å². The lowest BCUT2D eigenvalue weighted by Crippen LogP contribution is -2.39. The Balaban J connectivity index is 2.19. The highest BCUT2D eigenvalue weighted by atomic mass is 35.5. The molecule has 1 aromatic rings. The number of halogens is 2. The number of carboxylic acid groups (broad SMARTS) is 1. The zero-order valence-electron chi connectivity index (χ0n) is 9.17. The molecule has 0 bridgehead atoms. The van der Waals surface area contributed by atoms with Crippen molar-refractivity contribution < 1.29 is 19.1 Å². The van der Waals surface area contributed by atoms with Crippen LogP contribution >= 0.6 is 11.6 Å². The van der Waals surface area contributed by atoms with Crippen LogP contribution in [0.3, 0.4) is 0 Å². The molecule has 7 heteroatoms. The van der Waals surface area contributed by atoms with Crippen molar-refractivity contribution >= 4 is 34.9 Å². The van der Waals surface area contributed by atoms with Crippen LogP contribution in [0.4, 0.5) is 15.8 Å². The molecule has 1 heterocycles. The highest BCUT2D eigenvalue weighted by Crippen LogP contribution is 2.32. The fourth-order valence-electron chi connectivity index (χ4n) is 1.71. The van der Waals surface area contributed by atoms with Gasteiger partial charge in [-0.3, -0.25) is 9.59 Å². The van der Waals surface area contributed by atoms with Crippen LogP contribution in [0.5, 0.6) is 0 Å². The summed E-state index contributed by atoms with van der Waals surface area (Å²) in [5, 5.41) is 13.9. The molecule has 2 rings (SSSR count). The molecule has 0 aliphatic carbocycles. The van der Waals surface area contributed by atoms with Gasteiger partial charge in [-0.05, 0) is 12.5 Å². The van der Waals surface area contributed by atoms with Crippen LogP contribution in [-0.2, 0) is 9.59 Å². The number of hydrogen-bond acceptors (Lipinski definition) is 3. The fraction of sp³-hybridized carbons (Fsp3) is 0.273. The van der Waals surface area contributed by atoms with Crippen molar-refractivity contribution in [2.75, 3.05) is 10.6 Å². The summed E-state index contributed by atoms with van der Waals surface area (Å²) in [6, 6.07) is 1.82. The van der Waals surface area contributed by atoms with Gasteiger partial charge in [-0.2, -0.15) is 0 Å². The van der Waals surface area contributed by atoms with Crippen LogP contribution in [0, 0.1) is 5.82 Å². The lowest BCUT2D eigenvalue weighted by atomic mass is 10.1. The summed E-state index contributed by atoms with van der Waals surface area (Å²) in [6.45, 7) is 0. The largest absolute Gasteiger partial charge is 0.481 e. The van der Waals surface area contributed by atoms with Gasteiger partial charge in [0.1, 0.15) is 11.9 Å². The zero-order chi connectivity index (χ0) is 13.3. The van der Waals surface area contributed by atoms with E-state index in [4.69, 9.17) is 16.7 Å². The van der Waals surface area contributed by atoms with Crippen molar-refractivity contribution in [2.45, 2.75) is 18.9 Å². The summed E-state index contributed by atoms with van der Waals surface area (Å²) in [7, 11) is 0. The van der Waals surface area contributed by atoms with Gasteiger partial charge in [0.05, 0.1) is 16.4 Å². The smallest absolute Gasteiger partial charge is 0.303 e. The Morgan fingerprint density at radius 3 is 2.83 bits per heavy atom. The van der Waals surface area contributed by atoms with Gasteiger partial charge in [-0.1, -0.05) is 11.6 Å². The molecule has 18 heavy (non-hydrogen) atoms. The number of aliphatic carboxylic acids is 1. The monoisotopic (exact) mass is 272 g/mol. The number of carbonyl (C=O) groups excluding carboxylic acids is 1. The fourth-order valence-corrected chi connectivity index (χ4v) is 1.88. The average molecular weight is 273 g/mol. The zero-order valence-corrected chi connectivity index (χ0v) is 9.92. The maximum Gasteiger partial charge on any atom is 0.303 e. The van der Waals surface area contributed by atoms with Gasteiger partial charge in [-0.15, -0.1) is 0 Å². The number of fused-ring (bicyclic) bond motifs is 1. The van der Waals surface area contributed by atoms with Crippen LogP contribution in [0.1, 0.15) is 12.8 Å². The van der Waals surface area contributed by atoms with E-state index in [0.717, 1.165) is 6.07 Å². The third kappa shape index (κ3) is 2.53. The van der Waals surface area contributed by atoms with E-state index in [-0.39, 0.29) is 23.8 Å². The van der Waals surface area contributed by atoms with Crippen LogP contribution in [0.2, 0.25) is 5.02 Å². The van der Waals surface area contributed by atoms with E-state index in [9.17, 15) is 14.0 Å². The Morgan fingerprint density at radius 2 is 2.17 bits per heavy atom.